The Morgan fingerprint density at radius 1 is 1.18 bits per heavy atom. The highest BCUT2D eigenvalue weighted by Crippen LogP contribution is 2.21. The molecule has 8 heteroatoms. The van der Waals surface area contributed by atoms with E-state index in [2.05, 4.69) is 9.88 Å². The van der Waals surface area contributed by atoms with Gasteiger partial charge >= 0.3 is 0 Å². The third-order valence-corrected chi connectivity index (χ3v) is 6.76. The van der Waals surface area contributed by atoms with Crippen LogP contribution in [-0.2, 0) is 21.3 Å². The van der Waals surface area contributed by atoms with Gasteiger partial charge in [0.15, 0.2) is 0 Å². The maximum absolute atomic E-state index is 12.7. The van der Waals surface area contributed by atoms with Gasteiger partial charge in [-0.15, -0.1) is 0 Å². The molecule has 1 atom stereocenters. The lowest BCUT2D eigenvalue weighted by Gasteiger charge is -2.36. The minimum atomic E-state index is -3.20. The fourth-order valence-corrected chi connectivity index (χ4v) is 5.09. The second-order valence-electron chi connectivity index (χ2n) is 5.92. The fourth-order valence-electron chi connectivity index (χ4n) is 3.15. The van der Waals surface area contributed by atoms with E-state index >= 15 is 0 Å². The number of hydrogen-bond acceptors (Lipinski definition) is 5. The minimum absolute atomic E-state index is 0.276. The molecule has 3 rings (SSSR count). The van der Waals surface area contributed by atoms with Gasteiger partial charge in [-0.3, -0.25) is 0 Å². The SMILES string of the molecule is O=S(=O)([C@H]1CCCN(CCn2ccnc2)C1)N1CCOCC1. The van der Waals surface area contributed by atoms with E-state index in [-0.39, 0.29) is 5.25 Å². The monoisotopic (exact) mass is 328 g/mol. The summed E-state index contributed by atoms with van der Waals surface area (Å²) in [5, 5.41) is -0.276. The lowest BCUT2D eigenvalue weighted by Crippen LogP contribution is -2.51. The van der Waals surface area contributed by atoms with E-state index in [4.69, 9.17) is 4.74 Å². The van der Waals surface area contributed by atoms with Crippen LogP contribution < -0.4 is 0 Å². The number of likely N-dealkylation sites (tertiary alicyclic amines) is 1. The standard InChI is InChI=1S/C14H24N4O3S/c19-22(20,18-8-10-21-11-9-18)14-2-1-4-16(12-14)6-7-17-5-3-15-13-17/h3,5,13-14H,1-2,4,6-12H2/t14-/m0/s1. The Labute approximate surface area is 131 Å². The van der Waals surface area contributed by atoms with Crippen LogP contribution in [0.3, 0.4) is 0 Å². The van der Waals surface area contributed by atoms with Crippen LogP contribution in [0.5, 0.6) is 0 Å². The van der Waals surface area contributed by atoms with Crippen molar-refractivity contribution in [2.75, 3.05) is 45.9 Å². The second kappa shape index (κ2) is 7.08. The van der Waals surface area contributed by atoms with Crippen LogP contribution in [0.2, 0.25) is 0 Å². The van der Waals surface area contributed by atoms with Crippen LogP contribution in [0, 0.1) is 0 Å². The predicted octanol–water partition coefficient (Wildman–Crippen LogP) is 0.00950. The number of aromatic nitrogens is 2. The zero-order valence-corrected chi connectivity index (χ0v) is 13.6. The summed E-state index contributed by atoms with van der Waals surface area (Å²) in [6.07, 6.45) is 7.21. The highest BCUT2D eigenvalue weighted by molar-refractivity contribution is 7.89. The molecular weight excluding hydrogens is 304 g/mol. The van der Waals surface area contributed by atoms with Crippen molar-refractivity contribution in [1.82, 2.24) is 18.8 Å². The predicted molar refractivity (Wildman–Crippen MR) is 83.0 cm³/mol. The summed E-state index contributed by atoms with van der Waals surface area (Å²) in [6, 6.07) is 0. The molecule has 0 amide bonds. The molecule has 0 spiro atoms. The van der Waals surface area contributed by atoms with E-state index < -0.39 is 10.0 Å². The number of nitrogens with zero attached hydrogens (tertiary/aromatic N) is 4. The van der Waals surface area contributed by atoms with E-state index in [1.807, 2.05) is 10.8 Å². The van der Waals surface area contributed by atoms with Crippen molar-refractivity contribution in [3.8, 4) is 0 Å². The highest BCUT2D eigenvalue weighted by atomic mass is 32.2. The number of morpholine rings is 1. The van der Waals surface area contributed by atoms with Crippen molar-refractivity contribution in [3.05, 3.63) is 18.7 Å². The maximum atomic E-state index is 12.7. The van der Waals surface area contributed by atoms with Gasteiger partial charge < -0.3 is 14.2 Å². The van der Waals surface area contributed by atoms with Crippen molar-refractivity contribution in [2.45, 2.75) is 24.6 Å². The van der Waals surface area contributed by atoms with Gasteiger partial charge in [-0.25, -0.2) is 13.4 Å². The number of imidazole rings is 1. The molecule has 1 aromatic heterocycles. The minimum Gasteiger partial charge on any atom is -0.379 e. The number of rotatable bonds is 5. The molecular formula is C14H24N4O3S. The summed E-state index contributed by atoms with van der Waals surface area (Å²) in [5.41, 5.74) is 0. The fraction of sp³-hybridized carbons (Fsp3) is 0.786. The number of piperidine rings is 1. The van der Waals surface area contributed by atoms with Crippen LogP contribution in [0.1, 0.15) is 12.8 Å². The van der Waals surface area contributed by atoms with E-state index in [0.29, 0.717) is 32.8 Å². The van der Waals surface area contributed by atoms with Crippen molar-refractivity contribution in [3.63, 3.8) is 0 Å². The first-order valence-corrected chi connectivity index (χ1v) is 9.41. The smallest absolute Gasteiger partial charge is 0.218 e. The summed E-state index contributed by atoms with van der Waals surface area (Å²) in [4.78, 5) is 6.29. The van der Waals surface area contributed by atoms with E-state index in [0.717, 1.165) is 32.5 Å². The molecule has 0 saturated carbocycles. The summed E-state index contributed by atoms with van der Waals surface area (Å²) >= 11 is 0. The van der Waals surface area contributed by atoms with Gasteiger partial charge in [0.25, 0.3) is 0 Å². The van der Waals surface area contributed by atoms with Gasteiger partial charge in [0.05, 0.1) is 24.8 Å². The van der Waals surface area contributed by atoms with Crippen LogP contribution in [-0.4, -0.2) is 78.4 Å². The Kier molecular flexibility index (Phi) is 5.12. The molecule has 0 aliphatic carbocycles. The number of sulfonamides is 1. The lowest BCUT2D eigenvalue weighted by molar-refractivity contribution is 0.0719. The molecule has 1 aromatic rings. The van der Waals surface area contributed by atoms with Crippen molar-refractivity contribution in [1.29, 1.82) is 0 Å². The quantitative estimate of drug-likeness (QED) is 0.762. The highest BCUT2D eigenvalue weighted by Gasteiger charge is 2.35. The molecule has 0 N–H and O–H groups in total. The Morgan fingerprint density at radius 3 is 2.73 bits per heavy atom. The number of hydrogen-bond donors (Lipinski definition) is 0. The van der Waals surface area contributed by atoms with Gasteiger partial charge in [0, 0.05) is 45.1 Å². The molecule has 2 fully saturated rings. The average molecular weight is 328 g/mol. The molecule has 124 valence electrons. The molecule has 2 saturated heterocycles. The Bertz CT molecular complexity index is 555. The van der Waals surface area contributed by atoms with Crippen LogP contribution >= 0.6 is 0 Å². The molecule has 7 nitrogen and oxygen atoms in total. The van der Waals surface area contributed by atoms with Gasteiger partial charge in [0.2, 0.25) is 10.0 Å². The van der Waals surface area contributed by atoms with Gasteiger partial charge in [0.1, 0.15) is 0 Å². The zero-order chi connectivity index (χ0) is 15.4. The zero-order valence-electron chi connectivity index (χ0n) is 12.8. The van der Waals surface area contributed by atoms with Crippen LogP contribution in [0.15, 0.2) is 18.7 Å². The van der Waals surface area contributed by atoms with Crippen molar-refractivity contribution in [2.24, 2.45) is 0 Å². The molecule has 3 heterocycles. The first-order valence-electron chi connectivity index (χ1n) is 7.91. The van der Waals surface area contributed by atoms with E-state index in [1.54, 1.807) is 16.8 Å². The van der Waals surface area contributed by atoms with E-state index in [9.17, 15) is 8.42 Å². The van der Waals surface area contributed by atoms with Gasteiger partial charge in [-0.05, 0) is 19.4 Å². The number of ether oxygens (including phenoxy) is 1. The first kappa shape index (κ1) is 15.9. The van der Waals surface area contributed by atoms with Crippen LogP contribution in [0.25, 0.3) is 0 Å². The Balaban J connectivity index is 1.57. The van der Waals surface area contributed by atoms with Gasteiger partial charge in [-0.1, -0.05) is 0 Å². The van der Waals surface area contributed by atoms with Crippen molar-refractivity contribution < 1.29 is 13.2 Å². The Morgan fingerprint density at radius 2 is 2.00 bits per heavy atom. The summed E-state index contributed by atoms with van der Waals surface area (Å²) in [6.45, 7) is 5.34. The van der Waals surface area contributed by atoms with E-state index in [1.165, 1.54) is 0 Å². The van der Waals surface area contributed by atoms with Crippen molar-refractivity contribution >= 4 is 10.0 Å². The Hall–Kier alpha value is -0.960. The third-order valence-electron chi connectivity index (χ3n) is 4.45. The molecule has 0 bridgehead atoms. The molecule has 0 radical (unpaired) electrons. The normalized spacial score (nSPS) is 25.4. The molecule has 2 aliphatic rings. The summed E-state index contributed by atoms with van der Waals surface area (Å²) in [7, 11) is -3.20. The summed E-state index contributed by atoms with van der Waals surface area (Å²) < 4.78 is 34.4. The van der Waals surface area contributed by atoms with Gasteiger partial charge in [-0.2, -0.15) is 4.31 Å². The molecule has 22 heavy (non-hydrogen) atoms. The lowest BCUT2D eigenvalue weighted by atomic mass is 10.1. The molecule has 2 aliphatic heterocycles. The van der Waals surface area contributed by atoms with Crippen LogP contribution in [0.4, 0.5) is 0 Å². The third kappa shape index (κ3) is 3.68. The first-order chi connectivity index (χ1) is 10.7. The molecule has 0 aromatic carbocycles. The average Bonchev–Trinajstić information content (AvgIpc) is 3.07. The molecule has 0 unspecified atom stereocenters. The largest absolute Gasteiger partial charge is 0.379 e. The second-order valence-corrected chi connectivity index (χ2v) is 8.13. The topological polar surface area (TPSA) is 67.7 Å². The maximum Gasteiger partial charge on any atom is 0.218 e. The summed E-state index contributed by atoms with van der Waals surface area (Å²) in [5.74, 6) is 0.